The summed E-state index contributed by atoms with van der Waals surface area (Å²) in [6.45, 7) is 3.30. The Balaban J connectivity index is 1.56. The van der Waals surface area contributed by atoms with Crippen LogP contribution in [0.2, 0.25) is 0 Å². The number of ether oxygens (including phenoxy) is 1. The first-order chi connectivity index (χ1) is 14.3. The molecule has 3 rings (SSSR count). The van der Waals surface area contributed by atoms with E-state index < -0.39 is 24.1 Å². The number of carbonyl (C=O) groups is 3. The number of fused-ring (bicyclic) bond motifs is 3. The lowest BCUT2D eigenvalue weighted by Crippen LogP contribution is -2.43. The number of carboxylic acid groups (broad SMARTS) is 1. The molecule has 2 aromatic carbocycles. The van der Waals surface area contributed by atoms with Crippen LogP contribution in [0.1, 0.15) is 37.3 Å². The number of hydrogen-bond acceptors (Lipinski definition) is 4. The molecule has 7 heteroatoms. The first-order valence-electron chi connectivity index (χ1n) is 9.89. The molecule has 0 bridgehead atoms. The molecule has 0 saturated heterocycles. The van der Waals surface area contributed by atoms with Gasteiger partial charge < -0.3 is 20.1 Å². The molecule has 0 fully saturated rings. The molecular formula is C23H26N2O5. The highest BCUT2D eigenvalue weighted by Gasteiger charge is 2.29. The second-order valence-electron chi connectivity index (χ2n) is 7.59. The Kier molecular flexibility index (Phi) is 6.40. The van der Waals surface area contributed by atoms with Crippen LogP contribution in [0.25, 0.3) is 11.1 Å². The molecule has 7 nitrogen and oxygen atoms in total. The molecule has 2 amide bonds. The van der Waals surface area contributed by atoms with Crippen molar-refractivity contribution < 1.29 is 24.2 Å². The SMILES string of the molecule is CC(C(=O)O)N(C)C(=O)C[C@H](C)NC(=O)OCC1c2ccccc2-c2ccccc21. The zero-order valence-corrected chi connectivity index (χ0v) is 17.3. The molecule has 158 valence electrons. The van der Waals surface area contributed by atoms with Crippen molar-refractivity contribution in [2.24, 2.45) is 0 Å². The Bertz CT molecular complexity index is 913. The van der Waals surface area contributed by atoms with E-state index in [4.69, 9.17) is 9.84 Å². The molecule has 2 aromatic rings. The maximum absolute atomic E-state index is 12.3. The van der Waals surface area contributed by atoms with Crippen LogP contribution in [0, 0.1) is 0 Å². The highest BCUT2D eigenvalue weighted by Crippen LogP contribution is 2.44. The van der Waals surface area contributed by atoms with Crippen molar-refractivity contribution in [1.29, 1.82) is 0 Å². The van der Waals surface area contributed by atoms with Crippen LogP contribution in [0.5, 0.6) is 0 Å². The molecule has 0 heterocycles. The lowest BCUT2D eigenvalue weighted by Gasteiger charge is -2.23. The van der Waals surface area contributed by atoms with Gasteiger partial charge in [0.2, 0.25) is 5.91 Å². The number of carbonyl (C=O) groups excluding carboxylic acids is 2. The molecule has 1 aliphatic carbocycles. The number of aliphatic carboxylic acids is 1. The quantitative estimate of drug-likeness (QED) is 0.731. The summed E-state index contributed by atoms with van der Waals surface area (Å²) in [5.41, 5.74) is 4.55. The first kappa shape index (κ1) is 21.4. The molecule has 0 saturated carbocycles. The maximum atomic E-state index is 12.3. The summed E-state index contributed by atoms with van der Waals surface area (Å²) in [4.78, 5) is 36.6. The van der Waals surface area contributed by atoms with E-state index >= 15 is 0 Å². The van der Waals surface area contributed by atoms with Gasteiger partial charge in [0, 0.05) is 25.4 Å². The van der Waals surface area contributed by atoms with Gasteiger partial charge in [-0.25, -0.2) is 9.59 Å². The van der Waals surface area contributed by atoms with E-state index in [1.165, 1.54) is 14.0 Å². The summed E-state index contributed by atoms with van der Waals surface area (Å²) in [5, 5.41) is 11.7. The third-order valence-corrected chi connectivity index (χ3v) is 5.52. The molecule has 2 atom stereocenters. The first-order valence-corrected chi connectivity index (χ1v) is 9.89. The molecular weight excluding hydrogens is 384 g/mol. The van der Waals surface area contributed by atoms with Crippen LogP contribution in [0.3, 0.4) is 0 Å². The summed E-state index contributed by atoms with van der Waals surface area (Å²) in [6.07, 6.45) is -0.621. The van der Waals surface area contributed by atoms with Crippen LogP contribution in [-0.4, -0.2) is 53.7 Å². The number of hydrogen-bond donors (Lipinski definition) is 2. The average molecular weight is 410 g/mol. The molecule has 2 N–H and O–H groups in total. The second kappa shape index (κ2) is 8.98. The molecule has 0 spiro atoms. The number of nitrogens with one attached hydrogen (secondary N) is 1. The van der Waals surface area contributed by atoms with Crippen LogP contribution in [0.4, 0.5) is 4.79 Å². The minimum Gasteiger partial charge on any atom is -0.480 e. The fourth-order valence-corrected chi connectivity index (χ4v) is 3.68. The number of rotatable bonds is 7. The summed E-state index contributed by atoms with van der Waals surface area (Å²) in [6, 6.07) is 14.7. The third-order valence-electron chi connectivity index (χ3n) is 5.52. The highest BCUT2D eigenvalue weighted by atomic mass is 16.5. The highest BCUT2D eigenvalue weighted by molar-refractivity contribution is 5.84. The van der Waals surface area contributed by atoms with E-state index in [0.29, 0.717) is 0 Å². The van der Waals surface area contributed by atoms with Gasteiger partial charge in [0.25, 0.3) is 0 Å². The smallest absolute Gasteiger partial charge is 0.407 e. The van der Waals surface area contributed by atoms with E-state index in [1.54, 1.807) is 6.92 Å². The van der Waals surface area contributed by atoms with Crippen LogP contribution in [-0.2, 0) is 14.3 Å². The van der Waals surface area contributed by atoms with Crippen LogP contribution in [0.15, 0.2) is 48.5 Å². The van der Waals surface area contributed by atoms with E-state index in [-0.39, 0.29) is 24.9 Å². The van der Waals surface area contributed by atoms with E-state index in [0.717, 1.165) is 27.2 Å². The van der Waals surface area contributed by atoms with Crippen LogP contribution < -0.4 is 5.32 Å². The van der Waals surface area contributed by atoms with E-state index in [2.05, 4.69) is 17.4 Å². The summed E-state index contributed by atoms with van der Waals surface area (Å²) < 4.78 is 5.47. The predicted octanol–water partition coefficient (Wildman–Crippen LogP) is 3.24. The molecule has 1 unspecified atom stereocenters. The lowest BCUT2D eigenvalue weighted by molar-refractivity contribution is -0.148. The Hall–Kier alpha value is -3.35. The lowest BCUT2D eigenvalue weighted by atomic mass is 9.98. The standard InChI is InChI=1S/C23H26N2O5/c1-14(12-21(26)25(3)15(2)22(27)28)24-23(29)30-13-20-18-10-6-4-8-16(18)17-9-5-7-11-19(17)20/h4-11,14-15,20H,12-13H2,1-3H3,(H,24,29)(H,27,28)/t14-,15?/m0/s1. The van der Waals surface area contributed by atoms with Gasteiger partial charge in [-0.3, -0.25) is 4.79 Å². The fourth-order valence-electron chi connectivity index (χ4n) is 3.68. The zero-order chi connectivity index (χ0) is 21.8. The monoisotopic (exact) mass is 410 g/mol. The number of likely N-dealkylation sites (N-methyl/N-ethyl adjacent to an activating group) is 1. The van der Waals surface area contributed by atoms with Gasteiger partial charge in [0.15, 0.2) is 0 Å². The van der Waals surface area contributed by atoms with Crippen molar-refractivity contribution in [2.45, 2.75) is 38.3 Å². The predicted molar refractivity (Wildman–Crippen MR) is 112 cm³/mol. The summed E-state index contributed by atoms with van der Waals surface area (Å²) in [5.74, 6) is -1.48. The van der Waals surface area contributed by atoms with Gasteiger partial charge in [-0.05, 0) is 36.1 Å². The largest absolute Gasteiger partial charge is 0.480 e. The average Bonchev–Trinajstić information content (AvgIpc) is 3.04. The van der Waals surface area contributed by atoms with Crippen LogP contribution >= 0.6 is 0 Å². The van der Waals surface area contributed by atoms with Crippen molar-refractivity contribution in [3.05, 3.63) is 59.7 Å². The van der Waals surface area contributed by atoms with Gasteiger partial charge >= 0.3 is 12.1 Å². The van der Waals surface area contributed by atoms with Gasteiger partial charge in [-0.1, -0.05) is 48.5 Å². The van der Waals surface area contributed by atoms with Gasteiger partial charge in [0.1, 0.15) is 12.6 Å². The molecule has 0 aromatic heterocycles. The number of carboxylic acids is 1. The molecule has 1 aliphatic rings. The molecule has 0 radical (unpaired) electrons. The van der Waals surface area contributed by atoms with E-state index in [9.17, 15) is 14.4 Å². The van der Waals surface area contributed by atoms with Crippen molar-refractivity contribution in [3.63, 3.8) is 0 Å². The summed E-state index contributed by atoms with van der Waals surface area (Å²) in [7, 11) is 1.43. The number of amides is 2. The topological polar surface area (TPSA) is 95.9 Å². The minimum atomic E-state index is -1.08. The minimum absolute atomic E-state index is 0.0156. The Morgan fingerprint density at radius 1 is 1.03 bits per heavy atom. The van der Waals surface area contributed by atoms with Crippen molar-refractivity contribution in [2.75, 3.05) is 13.7 Å². The zero-order valence-electron chi connectivity index (χ0n) is 17.3. The number of benzene rings is 2. The normalized spacial score (nSPS) is 14.2. The van der Waals surface area contributed by atoms with E-state index in [1.807, 2.05) is 36.4 Å². The van der Waals surface area contributed by atoms with Crippen molar-refractivity contribution in [3.8, 4) is 11.1 Å². The maximum Gasteiger partial charge on any atom is 0.407 e. The van der Waals surface area contributed by atoms with Gasteiger partial charge in [-0.15, -0.1) is 0 Å². The Morgan fingerprint density at radius 2 is 1.57 bits per heavy atom. The number of alkyl carbamates (subject to hydrolysis) is 1. The Labute approximate surface area is 175 Å². The fraction of sp³-hybridized carbons (Fsp3) is 0.348. The summed E-state index contributed by atoms with van der Waals surface area (Å²) >= 11 is 0. The molecule has 0 aliphatic heterocycles. The van der Waals surface area contributed by atoms with Gasteiger partial charge in [0.05, 0.1) is 0 Å². The van der Waals surface area contributed by atoms with Gasteiger partial charge in [-0.2, -0.15) is 0 Å². The number of nitrogens with zero attached hydrogens (tertiary/aromatic N) is 1. The van der Waals surface area contributed by atoms with Crippen molar-refractivity contribution >= 4 is 18.0 Å². The third kappa shape index (κ3) is 4.45. The molecule has 30 heavy (non-hydrogen) atoms. The van der Waals surface area contributed by atoms with Crippen molar-refractivity contribution in [1.82, 2.24) is 10.2 Å². The second-order valence-corrected chi connectivity index (χ2v) is 7.59. The Morgan fingerprint density at radius 3 is 2.10 bits per heavy atom.